The molecule has 0 aromatic heterocycles. The Hall–Kier alpha value is -2.21. The van der Waals surface area contributed by atoms with Gasteiger partial charge < -0.3 is 11.1 Å². The zero-order chi connectivity index (χ0) is 18.0. The molecule has 6 heteroatoms. The molecule has 1 fully saturated rings. The second-order valence-corrected chi connectivity index (χ2v) is 7.05. The van der Waals surface area contributed by atoms with Crippen LogP contribution in [-0.4, -0.2) is 41.2 Å². The van der Waals surface area contributed by atoms with Crippen LogP contribution in [0.4, 0.5) is 0 Å². The van der Waals surface area contributed by atoms with Gasteiger partial charge in [-0.1, -0.05) is 19.3 Å². The number of carbonyl (C=O) groups is 3. The standard InChI is InChI=1S/C19H25N3O3/c1-12(20)9-10-21-17(23)13-7-8-15-16(11-13)19(25)22(18(15)24)14-5-3-2-4-6-14/h7-8,11-12,14H,2-6,9-10,20H2,1H3,(H,21,23). The molecule has 1 aromatic rings. The van der Waals surface area contributed by atoms with E-state index in [0.717, 1.165) is 32.1 Å². The summed E-state index contributed by atoms with van der Waals surface area (Å²) in [5, 5.41) is 2.79. The minimum Gasteiger partial charge on any atom is -0.352 e. The molecule has 0 spiro atoms. The third kappa shape index (κ3) is 3.58. The Morgan fingerprint density at radius 1 is 1.20 bits per heavy atom. The van der Waals surface area contributed by atoms with E-state index in [1.54, 1.807) is 18.2 Å². The van der Waals surface area contributed by atoms with E-state index in [4.69, 9.17) is 5.73 Å². The summed E-state index contributed by atoms with van der Waals surface area (Å²) in [6.07, 6.45) is 5.68. The fraction of sp³-hybridized carbons (Fsp3) is 0.526. The number of fused-ring (bicyclic) bond motifs is 1. The first kappa shape index (κ1) is 17.6. The first-order valence-electron chi connectivity index (χ1n) is 9.04. The van der Waals surface area contributed by atoms with Crippen molar-refractivity contribution in [1.82, 2.24) is 10.2 Å². The molecule has 1 atom stereocenters. The smallest absolute Gasteiger partial charge is 0.261 e. The molecule has 3 N–H and O–H groups in total. The van der Waals surface area contributed by atoms with Gasteiger partial charge in [0.1, 0.15) is 0 Å². The van der Waals surface area contributed by atoms with Crippen LogP contribution in [0.1, 0.15) is 76.5 Å². The molecular weight excluding hydrogens is 318 g/mol. The highest BCUT2D eigenvalue weighted by atomic mass is 16.2. The number of imide groups is 1. The summed E-state index contributed by atoms with van der Waals surface area (Å²) in [4.78, 5) is 39.0. The van der Waals surface area contributed by atoms with Gasteiger partial charge in [-0.3, -0.25) is 19.3 Å². The van der Waals surface area contributed by atoms with Crippen molar-refractivity contribution in [2.75, 3.05) is 6.54 Å². The van der Waals surface area contributed by atoms with Crippen molar-refractivity contribution >= 4 is 17.7 Å². The van der Waals surface area contributed by atoms with Crippen molar-refractivity contribution in [1.29, 1.82) is 0 Å². The van der Waals surface area contributed by atoms with E-state index in [-0.39, 0.29) is 29.8 Å². The van der Waals surface area contributed by atoms with Crippen LogP contribution in [0.5, 0.6) is 0 Å². The highest BCUT2D eigenvalue weighted by molar-refractivity contribution is 6.22. The third-order valence-electron chi connectivity index (χ3n) is 5.01. The second-order valence-electron chi connectivity index (χ2n) is 7.05. The molecule has 1 saturated carbocycles. The molecule has 2 aliphatic rings. The zero-order valence-corrected chi connectivity index (χ0v) is 14.6. The molecule has 25 heavy (non-hydrogen) atoms. The lowest BCUT2D eigenvalue weighted by molar-refractivity contribution is 0.0549. The summed E-state index contributed by atoms with van der Waals surface area (Å²) in [6.45, 7) is 2.36. The van der Waals surface area contributed by atoms with Crippen molar-refractivity contribution in [3.05, 3.63) is 34.9 Å². The summed E-state index contributed by atoms with van der Waals surface area (Å²) < 4.78 is 0. The van der Waals surface area contributed by atoms with Crippen LogP contribution in [0.3, 0.4) is 0 Å². The first-order valence-corrected chi connectivity index (χ1v) is 9.04. The Morgan fingerprint density at radius 2 is 1.88 bits per heavy atom. The minimum atomic E-state index is -0.267. The van der Waals surface area contributed by atoms with Gasteiger partial charge in [-0.05, 0) is 44.4 Å². The van der Waals surface area contributed by atoms with Crippen molar-refractivity contribution in [2.45, 2.75) is 57.5 Å². The summed E-state index contributed by atoms with van der Waals surface area (Å²) in [6, 6.07) is 4.75. The molecule has 1 heterocycles. The van der Waals surface area contributed by atoms with Gasteiger partial charge in [-0.25, -0.2) is 0 Å². The van der Waals surface area contributed by atoms with Gasteiger partial charge in [-0.15, -0.1) is 0 Å². The molecule has 1 aromatic carbocycles. The topological polar surface area (TPSA) is 92.5 Å². The molecule has 134 valence electrons. The van der Waals surface area contributed by atoms with Gasteiger partial charge in [-0.2, -0.15) is 0 Å². The Kier molecular flexibility index (Phi) is 5.18. The van der Waals surface area contributed by atoms with Gasteiger partial charge >= 0.3 is 0 Å². The summed E-state index contributed by atoms with van der Waals surface area (Å²) in [5.74, 6) is -0.743. The number of benzene rings is 1. The molecule has 1 unspecified atom stereocenters. The Labute approximate surface area is 147 Å². The van der Waals surface area contributed by atoms with Gasteiger partial charge in [0.05, 0.1) is 11.1 Å². The SMILES string of the molecule is CC(N)CCNC(=O)c1ccc2c(c1)C(=O)N(C1CCCCC1)C2=O. The van der Waals surface area contributed by atoms with Crippen LogP contribution in [-0.2, 0) is 0 Å². The fourth-order valence-corrected chi connectivity index (χ4v) is 3.59. The molecule has 0 saturated heterocycles. The molecular formula is C19H25N3O3. The predicted molar refractivity (Wildman–Crippen MR) is 94.4 cm³/mol. The number of amides is 3. The maximum atomic E-state index is 12.7. The molecule has 1 aliphatic heterocycles. The van der Waals surface area contributed by atoms with E-state index in [1.807, 2.05) is 6.92 Å². The monoisotopic (exact) mass is 343 g/mol. The third-order valence-corrected chi connectivity index (χ3v) is 5.01. The molecule has 3 amide bonds. The number of hydrogen-bond acceptors (Lipinski definition) is 4. The highest BCUT2D eigenvalue weighted by Gasteiger charge is 2.40. The largest absolute Gasteiger partial charge is 0.352 e. The summed E-state index contributed by atoms with van der Waals surface area (Å²) >= 11 is 0. The Morgan fingerprint density at radius 3 is 2.56 bits per heavy atom. The lowest BCUT2D eigenvalue weighted by Gasteiger charge is -2.29. The number of carbonyl (C=O) groups excluding carboxylic acids is 3. The Balaban J connectivity index is 1.75. The van der Waals surface area contributed by atoms with Gasteiger partial charge in [0.25, 0.3) is 17.7 Å². The number of nitrogens with two attached hydrogens (primary N) is 1. The fourth-order valence-electron chi connectivity index (χ4n) is 3.59. The molecule has 3 rings (SSSR count). The second kappa shape index (κ2) is 7.35. The van der Waals surface area contributed by atoms with Crippen LogP contribution in [0, 0.1) is 0 Å². The number of nitrogens with zero attached hydrogens (tertiary/aromatic N) is 1. The van der Waals surface area contributed by atoms with E-state index in [1.165, 1.54) is 4.90 Å². The average Bonchev–Trinajstić information content (AvgIpc) is 2.86. The molecule has 0 bridgehead atoms. The van der Waals surface area contributed by atoms with Crippen LogP contribution in [0.2, 0.25) is 0 Å². The summed E-state index contributed by atoms with van der Waals surface area (Å²) in [5.41, 5.74) is 6.82. The molecule has 6 nitrogen and oxygen atoms in total. The number of rotatable bonds is 5. The van der Waals surface area contributed by atoms with Crippen molar-refractivity contribution < 1.29 is 14.4 Å². The number of hydrogen-bond donors (Lipinski definition) is 2. The van der Waals surface area contributed by atoms with Crippen LogP contribution < -0.4 is 11.1 Å². The quantitative estimate of drug-likeness (QED) is 0.801. The maximum absolute atomic E-state index is 12.7. The van der Waals surface area contributed by atoms with Gasteiger partial charge in [0.15, 0.2) is 0 Å². The molecule has 0 radical (unpaired) electrons. The van der Waals surface area contributed by atoms with Crippen molar-refractivity contribution in [2.24, 2.45) is 5.73 Å². The van der Waals surface area contributed by atoms with Crippen LogP contribution in [0.25, 0.3) is 0 Å². The lowest BCUT2D eigenvalue weighted by Crippen LogP contribution is -2.40. The maximum Gasteiger partial charge on any atom is 0.261 e. The van der Waals surface area contributed by atoms with E-state index < -0.39 is 0 Å². The van der Waals surface area contributed by atoms with E-state index in [2.05, 4.69) is 5.32 Å². The normalized spacial score (nSPS) is 19.0. The summed E-state index contributed by atoms with van der Waals surface area (Å²) in [7, 11) is 0. The van der Waals surface area contributed by atoms with Gasteiger partial charge in [0, 0.05) is 24.2 Å². The van der Waals surface area contributed by atoms with Crippen LogP contribution >= 0.6 is 0 Å². The van der Waals surface area contributed by atoms with E-state index >= 15 is 0 Å². The predicted octanol–water partition coefficient (Wildman–Crippen LogP) is 2.08. The van der Waals surface area contributed by atoms with Gasteiger partial charge in [0.2, 0.25) is 0 Å². The van der Waals surface area contributed by atoms with Crippen LogP contribution in [0.15, 0.2) is 18.2 Å². The van der Waals surface area contributed by atoms with E-state index in [0.29, 0.717) is 29.7 Å². The van der Waals surface area contributed by atoms with E-state index in [9.17, 15) is 14.4 Å². The minimum absolute atomic E-state index is 0.00975. The van der Waals surface area contributed by atoms with Crippen molar-refractivity contribution in [3.8, 4) is 0 Å². The zero-order valence-electron chi connectivity index (χ0n) is 14.6. The first-order chi connectivity index (χ1) is 12.0. The molecule has 1 aliphatic carbocycles. The Bertz CT molecular complexity index is 693. The average molecular weight is 343 g/mol. The highest BCUT2D eigenvalue weighted by Crippen LogP contribution is 2.31. The van der Waals surface area contributed by atoms with Crippen molar-refractivity contribution in [3.63, 3.8) is 0 Å². The number of nitrogens with one attached hydrogen (secondary N) is 1. The lowest BCUT2D eigenvalue weighted by atomic mass is 9.94.